The quantitative estimate of drug-likeness (QED) is 0.118. The molecule has 11 nitrogen and oxygen atoms in total. The Morgan fingerprint density at radius 3 is 2.31 bits per heavy atom. The van der Waals surface area contributed by atoms with Gasteiger partial charge in [0.05, 0.1) is 22.2 Å². The molecule has 0 N–H and O–H groups in total. The van der Waals surface area contributed by atoms with Gasteiger partial charge < -0.3 is 19.4 Å². The van der Waals surface area contributed by atoms with Crippen molar-refractivity contribution in [3.63, 3.8) is 0 Å². The fraction of sp³-hybridized carbons (Fsp3) is 0.419. The Kier molecular flexibility index (Phi) is 11.9. The largest absolute Gasteiger partial charge is 0.619 e. The molecule has 1 aliphatic heterocycles. The van der Waals surface area contributed by atoms with Crippen LogP contribution in [0.2, 0.25) is 10.0 Å². The van der Waals surface area contributed by atoms with Gasteiger partial charge >= 0.3 is 12.6 Å². The summed E-state index contributed by atoms with van der Waals surface area (Å²) in [5, 5.41) is 11.9. The van der Waals surface area contributed by atoms with Gasteiger partial charge in [0.1, 0.15) is 22.2 Å². The monoisotopic (exact) mass is 780 g/mol. The van der Waals surface area contributed by atoms with Crippen LogP contribution >= 0.6 is 35.0 Å². The lowest BCUT2D eigenvalue weighted by molar-refractivity contribution is -0.605. The molecule has 1 aliphatic carbocycles. The molecule has 5 rings (SSSR count). The van der Waals surface area contributed by atoms with Crippen molar-refractivity contribution in [1.82, 2.24) is 4.31 Å². The summed E-state index contributed by atoms with van der Waals surface area (Å²) in [5.74, 6) is -0.628. The minimum atomic E-state index is -4.30. The van der Waals surface area contributed by atoms with Gasteiger partial charge in [-0.15, -0.1) is 0 Å². The number of carbonyl (C=O) groups excluding carboxylic acids is 1. The van der Waals surface area contributed by atoms with Crippen LogP contribution in [-0.2, 0) is 35.8 Å². The van der Waals surface area contributed by atoms with Crippen molar-refractivity contribution >= 4 is 60.8 Å². The number of aromatic nitrogens is 1. The van der Waals surface area contributed by atoms with Gasteiger partial charge in [0.15, 0.2) is 33.7 Å². The third-order valence-corrected chi connectivity index (χ3v) is 13.3. The van der Waals surface area contributed by atoms with E-state index >= 15 is 0 Å². The van der Waals surface area contributed by atoms with Crippen molar-refractivity contribution in [3.8, 4) is 11.5 Å². The van der Waals surface area contributed by atoms with E-state index in [1.54, 1.807) is 0 Å². The van der Waals surface area contributed by atoms with Crippen LogP contribution in [0.4, 0.5) is 8.78 Å². The molecule has 2 aliphatic rings. The number of hydrogen-bond acceptors (Lipinski definition) is 10. The molecule has 266 valence electrons. The number of sulfonamides is 1. The predicted octanol–water partition coefficient (Wildman–Crippen LogP) is 5.44. The molecular formula is C31H32Cl2F2N2O9S3. The summed E-state index contributed by atoms with van der Waals surface area (Å²) < 4.78 is 96.4. The zero-order valence-electron chi connectivity index (χ0n) is 26.0. The third-order valence-electron chi connectivity index (χ3n) is 7.95. The maximum absolute atomic E-state index is 13.9. The van der Waals surface area contributed by atoms with E-state index in [1.165, 1.54) is 61.2 Å². The van der Waals surface area contributed by atoms with Gasteiger partial charge in [-0.1, -0.05) is 36.2 Å². The Labute approximate surface area is 297 Å². The Morgan fingerprint density at radius 1 is 1.04 bits per heavy atom. The number of pyridine rings is 1. The van der Waals surface area contributed by atoms with Crippen LogP contribution in [-0.4, -0.2) is 70.2 Å². The number of nitrogens with zero attached hydrogens (tertiary/aromatic N) is 2. The Hall–Kier alpha value is -2.89. The molecule has 1 aromatic heterocycles. The Balaban J connectivity index is 1.48. The maximum Gasteiger partial charge on any atom is 0.387 e. The van der Waals surface area contributed by atoms with Crippen molar-refractivity contribution in [2.45, 2.75) is 54.7 Å². The molecule has 0 bridgehead atoms. The molecule has 2 atom stereocenters. The number of thioether (sulfide) groups is 1. The summed E-state index contributed by atoms with van der Waals surface area (Å²) >= 11 is 14.0. The Bertz CT molecular complexity index is 1880. The first kappa shape index (κ1) is 37.4. The van der Waals surface area contributed by atoms with Crippen molar-refractivity contribution in [2.24, 2.45) is 5.92 Å². The van der Waals surface area contributed by atoms with E-state index in [0.717, 1.165) is 29.5 Å². The molecule has 3 aromatic rings. The SMILES string of the molecule is CCS(=O)(=O)c1ccc(S(=O)(=O)N2CCSCC2C(=O)O[C@@H](Cc2c(Cl)c[n+]([O-])cc2Cl)c2ccc(OC(F)F)c(OCC3CC3)c2)cc1. The fourth-order valence-corrected chi connectivity index (χ4v) is 9.37. The second kappa shape index (κ2) is 15.6. The summed E-state index contributed by atoms with van der Waals surface area (Å²) in [5.41, 5.74) is 0.517. The van der Waals surface area contributed by atoms with Crippen molar-refractivity contribution < 1.29 is 49.4 Å². The third kappa shape index (κ3) is 9.08. The lowest BCUT2D eigenvalue weighted by Crippen LogP contribution is -2.51. The number of carbonyl (C=O) groups is 1. The standard InChI is InChI=1S/C31H32Cl2F2N2O9S3/c1-2-48(40,41)21-6-8-22(9-7-21)49(42,43)37-11-12-47-18-26(37)30(38)45-28(14-23-24(32)15-36(39)16-25(23)33)20-5-10-27(46-31(34)35)29(13-20)44-17-19-3-4-19/h5-10,13,15-16,19,26,28,31H,2-4,11-12,14,17-18H2,1H3/t26?,28-/m0/s1. The summed E-state index contributed by atoms with van der Waals surface area (Å²) in [6, 6.07) is 7.52. The van der Waals surface area contributed by atoms with Gasteiger partial charge in [0, 0.05) is 30.0 Å². The molecule has 0 radical (unpaired) electrons. The highest BCUT2D eigenvalue weighted by Crippen LogP contribution is 2.38. The predicted molar refractivity (Wildman–Crippen MR) is 178 cm³/mol. The van der Waals surface area contributed by atoms with Crippen LogP contribution in [0.3, 0.4) is 0 Å². The van der Waals surface area contributed by atoms with Crippen LogP contribution in [0.25, 0.3) is 0 Å². The normalized spacial score (nSPS) is 17.9. The van der Waals surface area contributed by atoms with Crippen LogP contribution in [0.5, 0.6) is 11.5 Å². The van der Waals surface area contributed by atoms with E-state index in [9.17, 15) is 35.6 Å². The highest BCUT2D eigenvalue weighted by molar-refractivity contribution is 7.99. The van der Waals surface area contributed by atoms with E-state index in [-0.39, 0.29) is 79.5 Å². The van der Waals surface area contributed by atoms with Crippen LogP contribution in [0.1, 0.15) is 37.0 Å². The second-order valence-electron chi connectivity index (χ2n) is 11.3. The van der Waals surface area contributed by atoms with E-state index in [1.807, 2.05) is 0 Å². The van der Waals surface area contributed by atoms with Gasteiger partial charge in [0.25, 0.3) is 0 Å². The molecule has 49 heavy (non-hydrogen) atoms. The molecule has 1 saturated heterocycles. The van der Waals surface area contributed by atoms with E-state index in [2.05, 4.69) is 4.74 Å². The fourth-order valence-electron chi connectivity index (χ4n) is 5.06. The molecule has 2 heterocycles. The average Bonchev–Trinajstić information content (AvgIpc) is 3.90. The number of hydrogen-bond donors (Lipinski definition) is 0. The molecular weight excluding hydrogens is 749 g/mol. The molecule has 18 heteroatoms. The van der Waals surface area contributed by atoms with Gasteiger partial charge in [-0.05, 0) is 60.7 Å². The highest BCUT2D eigenvalue weighted by atomic mass is 35.5. The molecule has 1 unspecified atom stereocenters. The molecule has 2 aromatic carbocycles. The number of rotatable bonds is 14. The van der Waals surface area contributed by atoms with E-state index < -0.39 is 44.6 Å². The summed E-state index contributed by atoms with van der Waals surface area (Å²) in [6.45, 7) is -1.44. The number of ether oxygens (including phenoxy) is 3. The number of benzene rings is 2. The van der Waals surface area contributed by atoms with Crippen molar-refractivity contribution in [2.75, 3.05) is 30.4 Å². The smallest absolute Gasteiger partial charge is 0.387 e. The van der Waals surface area contributed by atoms with E-state index in [0.29, 0.717) is 10.5 Å². The zero-order valence-corrected chi connectivity index (χ0v) is 29.9. The van der Waals surface area contributed by atoms with E-state index in [4.69, 9.17) is 32.7 Å². The minimum absolute atomic E-state index is 0.0145. The molecule has 2 fully saturated rings. The first-order valence-electron chi connectivity index (χ1n) is 15.1. The van der Waals surface area contributed by atoms with Crippen LogP contribution in [0, 0.1) is 11.1 Å². The molecule has 0 spiro atoms. The van der Waals surface area contributed by atoms with Crippen LogP contribution < -0.4 is 14.2 Å². The summed E-state index contributed by atoms with van der Waals surface area (Å²) in [6.07, 6.45) is 2.60. The van der Waals surface area contributed by atoms with Gasteiger partial charge in [-0.2, -0.15) is 29.6 Å². The topological polar surface area (TPSA) is 143 Å². The second-order valence-corrected chi connectivity index (χ2v) is 17.5. The van der Waals surface area contributed by atoms with Gasteiger partial charge in [-0.3, -0.25) is 4.79 Å². The first-order chi connectivity index (χ1) is 23.2. The molecule has 1 saturated carbocycles. The maximum atomic E-state index is 13.9. The number of sulfone groups is 1. The van der Waals surface area contributed by atoms with Crippen molar-refractivity contribution in [1.29, 1.82) is 0 Å². The number of esters is 1. The summed E-state index contributed by atoms with van der Waals surface area (Å²) in [7, 11) is -7.88. The highest BCUT2D eigenvalue weighted by Gasteiger charge is 2.40. The van der Waals surface area contributed by atoms with Crippen LogP contribution in [0.15, 0.2) is 64.6 Å². The first-order valence-corrected chi connectivity index (χ1v) is 20.1. The lowest BCUT2D eigenvalue weighted by atomic mass is 10.0. The lowest BCUT2D eigenvalue weighted by Gasteiger charge is -2.34. The van der Waals surface area contributed by atoms with Crippen molar-refractivity contribution in [3.05, 3.63) is 81.2 Å². The summed E-state index contributed by atoms with van der Waals surface area (Å²) in [4.78, 5) is 13.7. The zero-order chi connectivity index (χ0) is 35.5. The number of halogens is 4. The molecule has 0 amide bonds. The Morgan fingerprint density at radius 2 is 1.69 bits per heavy atom. The average molecular weight is 782 g/mol. The van der Waals surface area contributed by atoms with Gasteiger partial charge in [-0.25, -0.2) is 16.8 Å². The number of alkyl halides is 2. The minimum Gasteiger partial charge on any atom is -0.619 e. The van der Waals surface area contributed by atoms with Gasteiger partial charge in [0.2, 0.25) is 10.0 Å².